The summed E-state index contributed by atoms with van der Waals surface area (Å²) >= 11 is 0. The highest BCUT2D eigenvalue weighted by Gasteiger charge is 2.59. The third kappa shape index (κ3) is 1.71. The van der Waals surface area contributed by atoms with Crippen molar-refractivity contribution in [2.45, 2.75) is 5.60 Å². The van der Waals surface area contributed by atoms with Crippen LogP contribution in [0, 0.1) is 0 Å². The summed E-state index contributed by atoms with van der Waals surface area (Å²) in [6.45, 7) is 0. The topological polar surface area (TPSA) is 109 Å². The van der Waals surface area contributed by atoms with Crippen LogP contribution in [0.2, 0.25) is 0 Å². The molecule has 2 aromatic carbocycles. The van der Waals surface area contributed by atoms with Gasteiger partial charge in [0.05, 0.1) is 5.57 Å². The zero-order valence-corrected chi connectivity index (χ0v) is 12.6. The second-order valence-electron chi connectivity index (χ2n) is 5.84. The van der Waals surface area contributed by atoms with E-state index in [9.17, 15) is 29.4 Å². The van der Waals surface area contributed by atoms with E-state index in [0.717, 1.165) is 0 Å². The van der Waals surface area contributed by atoms with Gasteiger partial charge in [-0.3, -0.25) is 19.2 Å². The summed E-state index contributed by atoms with van der Waals surface area (Å²) in [5.74, 6) is -5.07. The highest BCUT2D eigenvalue weighted by molar-refractivity contribution is 6.55. The fourth-order valence-corrected chi connectivity index (χ4v) is 3.30. The molecule has 4 rings (SSSR count). The molecular weight excluding hydrogens is 324 g/mol. The molecule has 6 heteroatoms. The minimum atomic E-state index is -2.91. The monoisotopic (exact) mass is 334 g/mol. The lowest BCUT2D eigenvalue weighted by Gasteiger charge is -2.26. The number of benzene rings is 2. The third-order valence-corrected chi connectivity index (χ3v) is 4.53. The zero-order valence-electron chi connectivity index (χ0n) is 12.6. The molecule has 6 nitrogen and oxygen atoms in total. The lowest BCUT2D eigenvalue weighted by atomic mass is 9.77. The lowest BCUT2D eigenvalue weighted by molar-refractivity contribution is -0.113. The molecule has 25 heavy (non-hydrogen) atoms. The summed E-state index contributed by atoms with van der Waals surface area (Å²) in [5.41, 5.74) is -3.97. The first kappa shape index (κ1) is 15.2. The van der Waals surface area contributed by atoms with E-state index >= 15 is 0 Å². The van der Waals surface area contributed by atoms with E-state index in [1.54, 1.807) is 0 Å². The Morgan fingerprint density at radius 1 is 0.640 bits per heavy atom. The zero-order chi connectivity index (χ0) is 17.9. The number of ketones is 4. The van der Waals surface area contributed by atoms with Crippen molar-refractivity contribution < 1.29 is 29.4 Å². The minimum Gasteiger partial charge on any atom is -0.507 e. The van der Waals surface area contributed by atoms with Crippen molar-refractivity contribution in [1.29, 1.82) is 0 Å². The fourth-order valence-electron chi connectivity index (χ4n) is 3.30. The Kier molecular flexibility index (Phi) is 2.92. The molecule has 122 valence electrons. The van der Waals surface area contributed by atoms with E-state index in [0.29, 0.717) is 0 Å². The molecule has 0 amide bonds. The van der Waals surface area contributed by atoms with Crippen LogP contribution in [0.15, 0.2) is 54.1 Å². The Labute approximate surface area is 141 Å². The molecule has 0 unspecified atom stereocenters. The quantitative estimate of drug-likeness (QED) is 0.605. The van der Waals surface area contributed by atoms with Gasteiger partial charge in [0.2, 0.25) is 28.7 Å². The van der Waals surface area contributed by atoms with Crippen LogP contribution in [-0.2, 0) is 4.79 Å². The number of carbonyl (C=O) groups is 4. The van der Waals surface area contributed by atoms with Crippen LogP contribution in [0.5, 0.6) is 0 Å². The average Bonchev–Trinajstić information content (AvgIpc) is 2.82. The Balaban J connectivity index is 2.02. The molecule has 0 spiro atoms. The van der Waals surface area contributed by atoms with Crippen LogP contribution in [-0.4, -0.2) is 38.9 Å². The number of fused-ring (bicyclic) bond motifs is 2. The molecule has 0 saturated carbocycles. The second-order valence-corrected chi connectivity index (χ2v) is 5.84. The summed E-state index contributed by atoms with van der Waals surface area (Å²) in [4.78, 5) is 50.1. The number of rotatable bonds is 1. The predicted octanol–water partition coefficient (Wildman–Crippen LogP) is 1.53. The number of aliphatic hydroxyl groups excluding tert-OH is 1. The number of aliphatic hydroxyl groups is 2. The predicted molar refractivity (Wildman–Crippen MR) is 85.4 cm³/mol. The van der Waals surface area contributed by atoms with Crippen LogP contribution < -0.4 is 0 Å². The summed E-state index contributed by atoms with van der Waals surface area (Å²) in [6, 6.07) is 11.4. The van der Waals surface area contributed by atoms with Gasteiger partial charge < -0.3 is 10.2 Å². The summed E-state index contributed by atoms with van der Waals surface area (Å²) in [7, 11) is 0. The van der Waals surface area contributed by atoms with Crippen LogP contribution >= 0.6 is 0 Å². The Hall–Kier alpha value is -3.38. The van der Waals surface area contributed by atoms with E-state index < -0.39 is 40.1 Å². The van der Waals surface area contributed by atoms with E-state index in [1.807, 2.05) is 0 Å². The summed E-state index contributed by atoms with van der Waals surface area (Å²) in [5, 5.41) is 21.4. The molecule has 0 aliphatic heterocycles. The van der Waals surface area contributed by atoms with E-state index in [-0.39, 0.29) is 22.3 Å². The smallest absolute Gasteiger partial charge is 0.237 e. The molecule has 0 bridgehead atoms. The molecule has 2 aliphatic carbocycles. The van der Waals surface area contributed by atoms with Crippen molar-refractivity contribution in [2.75, 3.05) is 0 Å². The molecule has 2 N–H and O–H groups in total. The van der Waals surface area contributed by atoms with Crippen LogP contribution in [0.3, 0.4) is 0 Å². The van der Waals surface area contributed by atoms with Gasteiger partial charge in [0.25, 0.3) is 0 Å². The van der Waals surface area contributed by atoms with Crippen LogP contribution in [0.25, 0.3) is 5.76 Å². The molecule has 0 aromatic heterocycles. The molecule has 0 radical (unpaired) electrons. The maximum Gasteiger partial charge on any atom is 0.237 e. The standard InChI is InChI=1S/C19H10O6/c20-14-9-5-1-2-6-10(9)15(21)16(22)13(14)19(25)17(23)11-7-3-4-8-12(11)18(19)24/h1-8,20,25H. The van der Waals surface area contributed by atoms with Crippen LogP contribution in [0.4, 0.5) is 0 Å². The number of hydrogen-bond donors (Lipinski definition) is 2. The summed E-state index contributed by atoms with van der Waals surface area (Å²) in [6.07, 6.45) is 0. The number of carbonyl (C=O) groups excluding carboxylic acids is 4. The van der Waals surface area contributed by atoms with Crippen molar-refractivity contribution in [1.82, 2.24) is 0 Å². The fraction of sp³-hybridized carbons (Fsp3) is 0.0526. The van der Waals surface area contributed by atoms with Crippen LogP contribution in [0.1, 0.15) is 36.6 Å². The Morgan fingerprint density at radius 2 is 1.08 bits per heavy atom. The van der Waals surface area contributed by atoms with E-state index in [1.165, 1.54) is 48.5 Å². The van der Waals surface area contributed by atoms with E-state index in [4.69, 9.17) is 0 Å². The molecule has 0 saturated heterocycles. The van der Waals surface area contributed by atoms with Gasteiger partial charge in [0.15, 0.2) is 0 Å². The first-order valence-corrected chi connectivity index (χ1v) is 7.42. The van der Waals surface area contributed by atoms with Crippen molar-refractivity contribution in [3.63, 3.8) is 0 Å². The molecule has 2 aromatic rings. The summed E-state index contributed by atoms with van der Waals surface area (Å²) < 4.78 is 0. The highest BCUT2D eigenvalue weighted by Crippen LogP contribution is 2.41. The van der Waals surface area contributed by atoms with Crippen molar-refractivity contribution in [2.24, 2.45) is 0 Å². The van der Waals surface area contributed by atoms with Gasteiger partial charge in [0.1, 0.15) is 5.76 Å². The largest absolute Gasteiger partial charge is 0.507 e. The maximum atomic E-state index is 12.7. The van der Waals surface area contributed by atoms with Gasteiger partial charge in [-0.15, -0.1) is 0 Å². The lowest BCUT2D eigenvalue weighted by Crippen LogP contribution is -2.48. The Morgan fingerprint density at radius 3 is 1.60 bits per heavy atom. The van der Waals surface area contributed by atoms with Gasteiger partial charge >= 0.3 is 0 Å². The van der Waals surface area contributed by atoms with Crippen molar-refractivity contribution >= 4 is 28.9 Å². The molecule has 0 fully saturated rings. The SMILES string of the molecule is O=C1C(=O)c2ccccc2C(O)=C1C1(O)C(=O)c2ccccc2C1=O. The normalized spacial score (nSPS) is 18.4. The molecule has 0 heterocycles. The van der Waals surface area contributed by atoms with E-state index in [2.05, 4.69) is 0 Å². The van der Waals surface area contributed by atoms with Crippen molar-refractivity contribution in [3.05, 3.63) is 76.4 Å². The van der Waals surface area contributed by atoms with Crippen molar-refractivity contribution in [3.8, 4) is 0 Å². The van der Waals surface area contributed by atoms with Gasteiger partial charge in [-0.2, -0.15) is 0 Å². The Bertz CT molecular complexity index is 1010. The molecule has 2 aliphatic rings. The highest BCUT2D eigenvalue weighted by atomic mass is 16.3. The molecule has 0 atom stereocenters. The minimum absolute atomic E-state index is 0.00733. The number of hydrogen-bond acceptors (Lipinski definition) is 6. The maximum absolute atomic E-state index is 12.7. The first-order valence-electron chi connectivity index (χ1n) is 7.42. The first-order chi connectivity index (χ1) is 11.9. The van der Waals surface area contributed by atoms with Gasteiger partial charge in [0, 0.05) is 22.3 Å². The van der Waals surface area contributed by atoms with Gasteiger partial charge in [-0.1, -0.05) is 48.5 Å². The molecular formula is C19H10O6. The number of Topliss-reactive ketones (excluding diaryl/α,β-unsaturated/α-hetero) is 4. The van der Waals surface area contributed by atoms with Gasteiger partial charge in [-0.25, -0.2) is 0 Å². The van der Waals surface area contributed by atoms with Gasteiger partial charge in [-0.05, 0) is 0 Å². The second kappa shape index (κ2) is 4.81. The average molecular weight is 334 g/mol. The third-order valence-electron chi connectivity index (χ3n) is 4.53.